The van der Waals surface area contributed by atoms with Crippen molar-refractivity contribution < 1.29 is 0 Å². The molecule has 0 saturated heterocycles. The first-order valence-corrected chi connectivity index (χ1v) is 16.9. The second-order valence-corrected chi connectivity index (χ2v) is 12.5. The molecule has 0 aromatic heterocycles. The highest BCUT2D eigenvalue weighted by Gasteiger charge is 2.23. The minimum atomic E-state index is 1.11. The first-order chi connectivity index (χ1) is 24.3. The van der Waals surface area contributed by atoms with E-state index >= 15 is 0 Å². The molecule has 0 atom stereocenters. The highest BCUT2D eigenvalue weighted by Crippen LogP contribution is 2.49. The molecule has 0 N–H and O–H groups in total. The SMILES string of the molecule is c1ccc(-c2ccc(N(c3ccc(-c4ccc5ccccc5c4)cc3)c3c(-c4ccccc4)c4ccccc4c4ccccc34)cc2)cc1. The van der Waals surface area contributed by atoms with Gasteiger partial charge in [0.2, 0.25) is 0 Å². The van der Waals surface area contributed by atoms with Crippen molar-refractivity contribution in [2.45, 2.75) is 0 Å². The second kappa shape index (κ2) is 12.3. The van der Waals surface area contributed by atoms with Crippen LogP contribution >= 0.6 is 0 Å². The summed E-state index contributed by atoms with van der Waals surface area (Å²) in [6.45, 7) is 0. The molecule has 0 fully saturated rings. The molecule has 9 aromatic carbocycles. The summed E-state index contributed by atoms with van der Waals surface area (Å²) in [6.07, 6.45) is 0. The van der Waals surface area contributed by atoms with Gasteiger partial charge >= 0.3 is 0 Å². The molecule has 230 valence electrons. The molecule has 0 aliphatic rings. The topological polar surface area (TPSA) is 3.24 Å². The largest absolute Gasteiger partial charge is 0.309 e. The molecule has 1 nitrogen and oxygen atoms in total. The molecule has 0 bridgehead atoms. The number of anilines is 3. The van der Waals surface area contributed by atoms with Crippen molar-refractivity contribution in [3.8, 4) is 33.4 Å². The molecule has 0 saturated carbocycles. The molecule has 0 amide bonds. The van der Waals surface area contributed by atoms with Crippen LogP contribution in [0, 0.1) is 0 Å². The van der Waals surface area contributed by atoms with Crippen molar-refractivity contribution >= 4 is 49.4 Å². The Balaban J connectivity index is 1.29. The number of hydrogen-bond acceptors (Lipinski definition) is 1. The third kappa shape index (κ3) is 5.23. The average molecular weight is 624 g/mol. The first-order valence-electron chi connectivity index (χ1n) is 16.9. The van der Waals surface area contributed by atoms with Crippen molar-refractivity contribution in [2.24, 2.45) is 0 Å². The maximum Gasteiger partial charge on any atom is 0.0624 e. The lowest BCUT2D eigenvalue weighted by atomic mass is 9.90. The Morgan fingerprint density at radius 3 is 1.33 bits per heavy atom. The van der Waals surface area contributed by atoms with Crippen molar-refractivity contribution in [3.05, 3.63) is 200 Å². The summed E-state index contributed by atoms with van der Waals surface area (Å²) in [6, 6.07) is 72.5. The van der Waals surface area contributed by atoms with Gasteiger partial charge in [0.15, 0.2) is 0 Å². The van der Waals surface area contributed by atoms with Gasteiger partial charge in [-0.2, -0.15) is 0 Å². The number of nitrogens with zero attached hydrogens (tertiary/aromatic N) is 1. The van der Waals surface area contributed by atoms with Crippen LogP contribution < -0.4 is 4.90 Å². The Labute approximate surface area is 287 Å². The predicted molar refractivity (Wildman–Crippen MR) is 210 cm³/mol. The molecule has 0 aliphatic carbocycles. The lowest BCUT2D eigenvalue weighted by Crippen LogP contribution is -2.12. The van der Waals surface area contributed by atoms with Crippen LogP contribution in [0.15, 0.2) is 200 Å². The minimum absolute atomic E-state index is 1.11. The van der Waals surface area contributed by atoms with Gasteiger partial charge in [-0.3, -0.25) is 0 Å². The molecular formula is C48H33N. The van der Waals surface area contributed by atoms with E-state index in [9.17, 15) is 0 Å². The van der Waals surface area contributed by atoms with Gasteiger partial charge in [0, 0.05) is 22.3 Å². The fourth-order valence-corrected chi connectivity index (χ4v) is 7.26. The van der Waals surface area contributed by atoms with E-state index in [1.54, 1.807) is 0 Å². The Hall–Kier alpha value is -6.44. The number of fused-ring (bicyclic) bond motifs is 4. The van der Waals surface area contributed by atoms with E-state index in [1.165, 1.54) is 71.4 Å². The van der Waals surface area contributed by atoms with Gasteiger partial charge in [-0.05, 0) is 85.1 Å². The van der Waals surface area contributed by atoms with E-state index in [0.29, 0.717) is 0 Å². The summed E-state index contributed by atoms with van der Waals surface area (Å²) in [7, 11) is 0. The molecule has 0 unspecified atom stereocenters. The van der Waals surface area contributed by atoms with Gasteiger partial charge in [0.05, 0.1) is 5.69 Å². The van der Waals surface area contributed by atoms with Crippen molar-refractivity contribution in [1.82, 2.24) is 0 Å². The lowest BCUT2D eigenvalue weighted by Gasteiger charge is -2.31. The number of rotatable bonds is 6. The Morgan fingerprint density at radius 1 is 0.265 bits per heavy atom. The second-order valence-electron chi connectivity index (χ2n) is 12.5. The average Bonchev–Trinajstić information content (AvgIpc) is 3.19. The zero-order chi connectivity index (χ0) is 32.6. The first kappa shape index (κ1) is 28.8. The van der Waals surface area contributed by atoms with Gasteiger partial charge in [-0.15, -0.1) is 0 Å². The molecule has 0 spiro atoms. The van der Waals surface area contributed by atoms with Gasteiger partial charge in [-0.25, -0.2) is 0 Å². The lowest BCUT2D eigenvalue weighted by molar-refractivity contribution is 1.30. The third-order valence-electron chi connectivity index (χ3n) is 9.63. The summed E-state index contributed by atoms with van der Waals surface area (Å²) in [5, 5.41) is 7.45. The van der Waals surface area contributed by atoms with E-state index in [-0.39, 0.29) is 0 Å². The standard InChI is InChI=1S/C48H33N/c1-3-13-34(14-4-1)36-25-29-41(30-26-36)49(42-31-27-37(28-32-42)40-24-23-35-15-7-8-18-39(35)33-40)48-46-22-12-10-20-44(46)43-19-9-11-21-45(43)47(48)38-16-5-2-6-17-38/h1-33H. The monoisotopic (exact) mass is 623 g/mol. The fourth-order valence-electron chi connectivity index (χ4n) is 7.26. The Morgan fingerprint density at radius 2 is 0.694 bits per heavy atom. The maximum absolute atomic E-state index is 2.45. The summed E-state index contributed by atoms with van der Waals surface area (Å²) < 4.78 is 0. The molecule has 0 aliphatic heterocycles. The van der Waals surface area contributed by atoms with Crippen LogP contribution in [0.1, 0.15) is 0 Å². The van der Waals surface area contributed by atoms with Crippen LogP contribution in [0.2, 0.25) is 0 Å². The van der Waals surface area contributed by atoms with Crippen molar-refractivity contribution in [3.63, 3.8) is 0 Å². The van der Waals surface area contributed by atoms with Gasteiger partial charge in [0.25, 0.3) is 0 Å². The van der Waals surface area contributed by atoms with Crippen LogP contribution in [-0.2, 0) is 0 Å². The highest BCUT2D eigenvalue weighted by atomic mass is 15.1. The third-order valence-corrected chi connectivity index (χ3v) is 9.63. The van der Waals surface area contributed by atoms with E-state index in [2.05, 4.69) is 205 Å². The van der Waals surface area contributed by atoms with Crippen LogP contribution in [0.3, 0.4) is 0 Å². The van der Waals surface area contributed by atoms with Crippen LogP contribution in [-0.4, -0.2) is 0 Å². The highest BCUT2D eigenvalue weighted by molar-refractivity contribution is 6.22. The molecule has 1 heteroatoms. The molecule has 0 radical (unpaired) electrons. The minimum Gasteiger partial charge on any atom is -0.309 e. The smallest absolute Gasteiger partial charge is 0.0624 e. The summed E-state index contributed by atoms with van der Waals surface area (Å²) in [4.78, 5) is 2.45. The van der Waals surface area contributed by atoms with E-state index in [4.69, 9.17) is 0 Å². The maximum atomic E-state index is 2.45. The zero-order valence-electron chi connectivity index (χ0n) is 27.0. The Bertz CT molecular complexity index is 2570. The summed E-state index contributed by atoms with van der Waals surface area (Å²) >= 11 is 0. The molecular weight excluding hydrogens is 591 g/mol. The zero-order valence-corrected chi connectivity index (χ0v) is 27.0. The quantitative estimate of drug-likeness (QED) is 0.167. The summed E-state index contributed by atoms with van der Waals surface area (Å²) in [5.74, 6) is 0. The van der Waals surface area contributed by atoms with Crippen LogP contribution in [0.25, 0.3) is 65.7 Å². The number of benzene rings is 9. The van der Waals surface area contributed by atoms with E-state index < -0.39 is 0 Å². The Kier molecular flexibility index (Phi) is 7.22. The van der Waals surface area contributed by atoms with Gasteiger partial charge < -0.3 is 4.90 Å². The molecule has 0 heterocycles. The molecule has 49 heavy (non-hydrogen) atoms. The van der Waals surface area contributed by atoms with Crippen molar-refractivity contribution in [1.29, 1.82) is 0 Å². The number of hydrogen-bond donors (Lipinski definition) is 0. The predicted octanol–water partition coefficient (Wildman–Crippen LogP) is 13.6. The van der Waals surface area contributed by atoms with Crippen LogP contribution in [0.4, 0.5) is 17.1 Å². The van der Waals surface area contributed by atoms with Crippen LogP contribution in [0.5, 0.6) is 0 Å². The normalized spacial score (nSPS) is 11.3. The van der Waals surface area contributed by atoms with Gasteiger partial charge in [0.1, 0.15) is 0 Å². The van der Waals surface area contributed by atoms with E-state index in [1.807, 2.05) is 0 Å². The van der Waals surface area contributed by atoms with Gasteiger partial charge in [-0.1, -0.05) is 170 Å². The van der Waals surface area contributed by atoms with Crippen molar-refractivity contribution in [2.75, 3.05) is 4.90 Å². The molecule has 9 aromatic rings. The summed E-state index contributed by atoms with van der Waals surface area (Å²) in [5.41, 5.74) is 10.6. The fraction of sp³-hybridized carbons (Fsp3) is 0. The molecule has 9 rings (SSSR count). The van der Waals surface area contributed by atoms with E-state index in [0.717, 1.165) is 11.4 Å².